The highest BCUT2D eigenvalue weighted by Crippen LogP contribution is 2.40. The average molecular weight is 780 g/mol. The van der Waals surface area contributed by atoms with Gasteiger partial charge in [0.2, 0.25) is 27.7 Å². The van der Waals surface area contributed by atoms with Gasteiger partial charge in [0.1, 0.15) is 11.9 Å². The third kappa shape index (κ3) is 9.90. The van der Waals surface area contributed by atoms with Gasteiger partial charge in [0.25, 0.3) is 0 Å². The third-order valence-electron chi connectivity index (χ3n) is 10.2. The second-order valence-corrected chi connectivity index (χ2v) is 17.7. The van der Waals surface area contributed by atoms with Gasteiger partial charge in [-0.05, 0) is 61.3 Å². The van der Waals surface area contributed by atoms with E-state index in [1.807, 2.05) is 0 Å². The van der Waals surface area contributed by atoms with Crippen molar-refractivity contribution in [1.82, 2.24) is 14.6 Å². The number of hydrogen-bond donors (Lipinski definition) is 1. The number of ether oxygens (including phenoxy) is 3. The molecule has 1 aromatic heterocycles. The number of carbonyl (C=O) groups excluding carboxylic acids is 4. The number of hydrogen-bond acceptors (Lipinski definition) is 10. The van der Waals surface area contributed by atoms with Crippen LogP contribution in [0.25, 0.3) is 16.8 Å². The number of allylic oxidation sites excluding steroid dienone is 1. The van der Waals surface area contributed by atoms with Crippen molar-refractivity contribution in [2.45, 2.75) is 116 Å². The number of cyclic esters (lactones) is 1. The molecular formula is C38H48F3N3O9S. The van der Waals surface area contributed by atoms with Gasteiger partial charge >= 0.3 is 12.3 Å². The zero-order valence-corrected chi connectivity index (χ0v) is 32.0. The summed E-state index contributed by atoms with van der Waals surface area (Å²) in [5, 5.41) is -0.378. The molecule has 1 aliphatic carbocycles. The summed E-state index contributed by atoms with van der Waals surface area (Å²) in [6, 6.07) is 3.06. The fraction of sp³-hybridized carbons (Fsp3) is 0.605. The molecule has 5 rings (SSSR count). The molecule has 2 aliphatic heterocycles. The minimum absolute atomic E-state index is 0.0394. The number of nitrogens with zero attached hydrogens (tertiary/aromatic N) is 2. The first-order chi connectivity index (χ1) is 25.2. The Balaban J connectivity index is 1.55. The van der Waals surface area contributed by atoms with Crippen LogP contribution >= 0.6 is 0 Å². The smallest absolute Gasteiger partial charge is 0.472 e. The summed E-state index contributed by atoms with van der Waals surface area (Å²) in [6.07, 6.45) is 0.364. The molecule has 0 spiro atoms. The zero-order chi connectivity index (χ0) is 39.6. The lowest BCUT2D eigenvalue weighted by molar-refractivity contribution is -0.274. The number of Topliss-reactive ketones (excluding diaryl/α,β-unsaturated/α-hetero) is 1. The number of aromatic nitrogens is 1. The highest BCUT2D eigenvalue weighted by atomic mass is 32.2. The van der Waals surface area contributed by atoms with E-state index in [4.69, 9.17) is 9.47 Å². The van der Waals surface area contributed by atoms with Crippen LogP contribution in [0.1, 0.15) is 98.0 Å². The summed E-state index contributed by atoms with van der Waals surface area (Å²) in [6.45, 7) is 8.60. The minimum atomic E-state index is -4.99. The monoisotopic (exact) mass is 779 g/mol. The Morgan fingerprint density at radius 1 is 1.09 bits per heavy atom. The molecule has 3 aliphatic rings. The van der Waals surface area contributed by atoms with Crippen molar-refractivity contribution in [1.29, 1.82) is 0 Å². The first kappa shape index (κ1) is 41.0. The number of fused-ring (bicyclic) bond motifs is 3. The predicted molar refractivity (Wildman–Crippen MR) is 192 cm³/mol. The maximum atomic E-state index is 14.5. The van der Waals surface area contributed by atoms with Crippen molar-refractivity contribution in [3.05, 3.63) is 36.0 Å². The Morgan fingerprint density at radius 2 is 1.81 bits per heavy atom. The highest BCUT2D eigenvalue weighted by Gasteiger charge is 2.49. The second-order valence-electron chi connectivity index (χ2n) is 15.8. The summed E-state index contributed by atoms with van der Waals surface area (Å²) >= 11 is 0. The van der Waals surface area contributed by atoms with Crippen LogP contribution < -0.4 is 14.2 Å². The van der Waals surface area contributed by atoms with Crippen molar-refractivity contribution in [2.24, 2.45) is 16.7 Å². The number of amides is 2. The lowest BCUT2D eigenvalue weighted by Crippen LogP contribution is -2.50. The molecule has 296 valence electrons. The molecular weight excluding hydrogens is 731 g/mol. The van der Waals surface area contributed by atoms with E-state index in [0.29, 0.717) is 37.7 Å². The molecule has 2 amide bonds. The number of nitrogens with one attached hydrogen (secondary N) is 1. The topological polar surface area (TPSA) is 158 Å². The number of carbonyl (C=O) groups is 4. The summed E-state index contributed by atoms with van der Waals surface area (Å²) in [5.74, 6) is -3.88. The first-order valence-corrected chi connectivity index (χ1v) is 19.8. The SMILES string of the molecule is CCC[C@@](C)(CC(=O)[C@@H]1C[C@@H]2CN1C(=O)[C@H](C(C)(C)C)CC(=O)OCCC/C=C/c1cc(OC(F)(F)F)c3ccnc(c3c1)O2)C(=O)NS(=O)(=O)C1CC1. The Labute approximate surface area is 313 Å². The van der Waals surface area contributed by atoms with Crippen LogP contribution in [0.2, 0.25) is 0 Å². The summed E-state index contributed by atoms with van der Waals surface area (Å²) in [7, 11) is -3.91. The Kier molecular flexibility index (Phi) is 12.0. The van der Waals surface area contributed by atoms with Crippen LogP contribution in [0.5, 0.6) is 11.6 Å². The molecule has 16 heteroatoms. The summed E-state index contributed by atoms with van der Waals surface area (Å²) < 4.78 is 84.3. The maximum absolute atomic E-state index is 14.5. The van der Waals surface area contributed by atoms with Crippen molar-refractivity contribution < 1.29 is 55.0 Å². The van der Waals surface area contributed by atoms with Crippen LogP contribution in [0, 0.1) is 16.7 Å². The molecule has 2 fully saturated rings. The van der Waals surface area contributed by atoms with Crippen molar-refractivity contribution >= 4 is 50.4 Å². The van der Waals surface area contributed by atoms with E-state index in [0.717, 1.165) is 0 Å². The highest BCUT2D eigenvalue weighted by molar-refractivity contribution is 7.90. The molecule has 1 saturated heterocycles. The van der Waals surface area contributed by atoms with Gasteiger partial charge in [0, 0.05) is 29.8 Å². The van der Waals surface area contributed by atoms with Gasteiger partial charge in [-0.15, -0.1) is 13.2 Å². The van der Waals surface area contributed by atoms with E-state index in [9.17, 15) is 40.8 Å². The number of alkyl halides is 3. The molecule has 3 heterocycles. The van der Waals surface area contributed by atoms with Crippen molar-refractivity contribution in [2.75, 3.05) is 13.2 Å². The van der Waals surface area contributed by atoms with Crippen molar-refractivity contribution in [3.8, 4) is 11.6 Å². The van der Waals surface area contributed by atoms with E-state index in [1.165, 1.54) is 30.2 Å². The quantitative estimate of drug-likeness (QED) is 0.288. The molecule has 0 unspecified atom stereocenters. The number of sulfonamides is 1. The zero-order valence-electron chi connectivity index (χ0n) is 31.2. The average Bonchev–Trinajstić information content (AvgIpc) is 3.84. The molecule has 12 nitrogen and oxygen atoms in total. The summed E-state index contributed by atoms with van der Waals surface area (Å²) in [5.41, 5.74) is -1.83. The number of pyridine rings is 1. The van der Waals surface area contributed by atoms with Gasteiger partial charge in [0.15, 0.2) is 5.78 Å². The number of ketones is 1. The fourth-order valence-corrected chi connectivity index (χ4v) is 8.51. The van der Waals surface area contributed by atoms with Crippen LogP contribution in [-0.4, -0.2) is 78.8 Å². The number of halogens is 3. The minimum Gasteiger partial charge on any atom is -0.472 e. The standard InChI is InChI=1S/C38H48F3N3O9S/c1-6-14-37(5,35(48)43-54(49,50)25-11-12-25)21-30(45)29-19-24-22-44(29)34(47)28(36(2,3)4)20-32(46)51-16-9-7-8-10-23-17-27-26(13-15-42-33(27)52-24)31(18-23)53-38(39,40)41/h8,10,13,15,17-18,24-25,28-29H,6-7,9,11-12,14,16,19-22H2,1-5H3,(H,43,48)/b10-8+/t24-,28-,29+,37+/m1/s1. The summed E-state index contributed by atoms with van der Waals surface area (Å²) in [4.78, 5) is 61.1. The van der Waals surface area contributed by atoms with E-state index in [-0.39, 0.29) is 49.1 Å². The molecule has 4 atom stereocenters. The lowest BCUT2D eigenvalue weighted by Gasteiger charge is -2.35. The van der Waals surface area contributed by atoms with Gasteiger partial charge in [-0.1, -0.05) is 53.2 Å². The predicted octanol–water partition coefficient (Wildman–Crippen LogP) is 6.26. The second kappa shape index (κ2) is 15.9. The van der Waals surface area contributed by atoms with E-state index in [1.54, 1.807) is 45.9 Å². The Hall–Kier alpha value is -4.21. The molecule has 4 bridgehead atoms. The molecule has 2 aromatic rings. The van der Waals surface area contributed by atoms with Crippen LogP contribution in [0.3, 0.4) is 0 Å². The van der Waals surface area contributed by atoms with Crippen molar-refractivity contribution in [3.63, 3.8) is 0 Å². The molecule has 54 heavy (non-hydrogen) atoms. The normalized spacial score (nSPS) is 23.5. The fourth-order valence-electron chi connectivity index (χ4n) is 7.08. The molecule has 1 N–H and O–H groups in total. The third-order valence-corrected chi connectivity index (χ3v) is 12.0. The molecule has 1 saturated carbocycles. The lowest BCUT2D eigenvalue weighted by atomic mass is 9.77. The van der Waals surface area contributed by atoms with Crippen LogP contribution in [-0.2, 0) is 33.9 Å². The number of esters is 1. The van der Waals surface area contributed by atoms with E-state index >= 15 is 0 Å². The number of rotatable bonds is 9. The first-order valence-electron chi connectivity index (χ1n) is 18.3. The molecule has 0 radical (unpaired) electrons. The Bertz CT molecular complexity index is 1910. The largest absolute Gasteiger partial charge is 0.573 e. The maximum Gasteiger partial charge on any atom is 0.573 e. The van der Waals surface area contributed by atoms with Gasteiger partial charge < -0.3 is 19.1 Å². The van der Waals surface area contributed by atoms with E-state index in [2.05, 4.69) is 14.4 Å². The Morgan fingerprint density at radius 3 is 2.46 bits per heavy atom. The van der Waals surface area contributed by atoms with Crippen LogP contribution in [0.4, 0.5) is 13.2 Å². The van der Waals surface area contributed by atoms with Gasteiger partial charge in [-0.25, -0.2) is 13.4 Å². The number of benzene rings is 1. The van der Waals surface area contributed by atoms with Crippen LogP contribution in [0.15, 0.2) is 30.5 Å². The van der Waals surface area contributed by atoms with Gasteiger partial charge in [-0.2, -0.15) is 0 Å². The van der Waals surface area contributed by atoms with Gasteiger partial charge in [-0.3, -0.25) is 23.9 Å². The van der Waals surface area contributed by atoms with Gasteiger partial charge in [0.05, 0.1) is 42.2 Å². The van der Waals surface area contributed by atoms with E-state index < -0.39 is 86.3 Å². The molecule has 1 aromatic carbocycles.